The second-order valence-electron chi connectivity index (χ2n) is 5.75. The molecule has 1 aliphatic rings. The second kappa shape index (κ2) is 7.41. The molecule has 0 radical (unpaired) electrons. The van der Waals surface area contributed by atoms with Crippen LogP contribution >= 0.6 is 0 Å². The van der Waals surface area contributed by atoms with Crippen LogP contribution < -0.4 is 5.32 Å². The van der Waals surface area contributed by atoms with Crippen molar-refractivity contribution in [1.82, 2.24) is 10.2 Å². The van der Waals surface area contributed by atoms with Gasteiger partial charge < -0.3 is 15.3 Å². The molecule has 1 aromatic carbocycles. The lowest BCUT2D eigenvalue weighted by molar-refractivity contribution is -0.136. The molecule has 2 N–H and O–H groups in total. The number of hydrogen-bond donors (Lipinski definition) is 2. The molecule has 0 aromatic heterocycles. The number of carboxylic acid groups (broad SMARTS) is 1. The number of hydrogen-bond acceptors (Lipinski definition) is 3. The summed E-state index contributed by atoms with van der Waals surface area (Å²) in [6, 6.07) is 7.84. The summed E-state index contributed by atoms with van der Waals surface area (Å²) in [4.78, 5) is 13.2. The predicted octanol–water partition coefficient (Wildman–Crippen LogP) is 1.75. The molecule has 4 heteroatoms. The van der Waals surface area contributed by atoms with E-state index in [1.807, 2.05) is 24.3 Å². The van der Waals surface area contributed by atoms with Crippen molar-refractivity contribution in [3.05, 3.63) is 35.4 Å². The Morgan fingerprint density at radius 2 is 2.15 bits per heavy atom. The van der Waals surface area contributed by atoms with Crippen LogP contribution in [0.2, 0.25) is 0 Å². The van der Waals surface area contributed by atoms with Gasteiger partial charge in [0.15, 0.2) is 0 Å². The molecule has 4 nitrogen and oxygen atoms in total. The van der Waals surface area contributed by atoms with Crippen LogP contribution in [0.4, 0.5) is 0 Å². The molecule has 2 rings (SSSR count). The van der Waals surface area contributed by atoms with Gasteiger partial charge >= 0.3 is 5.97 Å². The number of rotatable bonds is 6. The van der Waals surface area contributed by atoms with Gasteiger partial charge in [-0.15, -0.1) is 0 Å². The maximum atomic E-state index is 10.9. The molecule has 1 aromatic rings. The SMILES string of the molecule is CN(Cc1ccccc1CC(=O)O)CC1CCCNC1. The van der Waals surface area contributed by atoms with E-state index in [0.717, 1.165) is 37.3 Å². The topological polar surface area (TPSA) is 52.6 Å². The van der Waals surface area contributed by atoms with Gasteiger partial charge in [0.05, 0.1) is 6.42 Å². The molecule has 0 saturated carbocycles. The minimum atomic E-state index is -0.767. The predicted molar refractivity (Wildman–Crippen MR) is 79.7 cm³/mol. The fourth-order valence-electron chi connectivity index (χ4n) is 2.92. The van der Waals surface area contributed by atoms with E-state index in [2.05, 4.69) is 17.3 Å². The lowest BCUT2D eigenvalue weighted by atomic mass is 9.98. The second-order valence-corrected chi connectivity index (χ2v) is 5.75. The third-order valence-electron chi connectivity index (χ3n) is 3.87. The molecule has 1 saturated heterocycles. The molecule has 1 atom stereocenters. The van der Waals surface area contributed by atoms with Crippen LogP contribution in [0.1, 0.15) is 24.0 Å². The van der Waals surface area contributed by atoms with Crippen LogP contribution in [0.25, 0.3) is 0 Å². The molecule has 0 bridgehead atoms. The highest BCUT2D eigenvalue weighted by Gasteiger charge is 2.16. The zero-order chi connectivity index (χ0) is 14.4. The maximum absolute atomic E-state index is 10.9. The Kier molecular flexibility index (Phi) is 5.56. The summed E-state index contributed by atoms with van der Waals surface area (Å²) in [5.41, 5.74) is 2.05. The zero-order valence-electron chi connectivity index (χ0n) is 12.1. The van der Waals surface area contributed by atoms with Crippen molar-refractivity contribution in [3.63, 3.8) is 0 Å². The van der Waals surface area contributed by atoms with Gasteiger partial charge in [-0.3, -0.25) is 4.79 Å². The number of carboxylic acids is 1. The molecule has 1 heterocycles. The van der Waals surface area contributed by atoms with Gasteiger partial charge in [-0.1, -0.05) is 24.3 Å². The third-order valence-corrected chi connectivity index (χ3v) is 3.87. The van der Waals surface area contributed by atoms with E-state index < -0.39 is 5.97 Å². The number of carbonyl (C=O) groups is 1. The van der Waals surface area contributed by atoms with Crippen molar-refractivity contribution in [3.8, 4) is 0 Å². The molecule has 110 valence electrons. The Balaban J connectivity index is 1.92. The van der Waals surface area contributed by atoms with Crippen LogP contribution in [0.5, 0.6) is 0 Å². The first-order valence-electron chi connectivity index (χ1n) is 7.33. The fourth-order valence-corrected chi connectivity index (χ4v) is 2.92. The van der Waals surface area contributed by atoms with Crippen LogP contribution in [-0.4, -0.2) is 42.7 Å². The van der Waals surface area contributed by atoms with E-state index in [0.29, 0.717) is 5.92 Å². The molecular formula is C16H24N2O2. The average Bonchev–Trinajstić information content (AvgIpc) is 2.41. The summed E-state index contributed by atoms with van der Waals surface area (Å²) in [5, 5.41) is 12.4. The van der Waals surface area contributed by atoms with E-state index in [-0.39, 0.29) is 6.42 Å². The highest BCUT2D eigenvalue weighted by Crippen LogP contribution is 2.15. The molecule has 1 aliphatic heterocycles. The molecule has 1 fully saturated rings. The molecule has 0 amide bonds. The van der Waals surface area contributed by atoms with Crippen LogP contribution in [0.3, 0.4) is 0 Å². The summed E-state index contributed by atoms with van der Waals surface area (Å²) >= 11 is 0. The van der Waals surface area contributed by atoms with Crippen molar-refractivity contribution in [2.45, 2.75) is 25.8 Å². The minimum Gasteiger partial charge on any atom is -0.481 e. The highest BCUT2D eigenvalue weighted by molar-refractivity contribution is 5.70. The normalized spacial score (nSPS) is 19.2. The average molecular weight is 276 g/mol. The first kappa shape index (κ1) is 15.0. The largest absolute Gasteiger partial charge is 0.481 e. The number of piperidine rings is 1. The molecule has 0 aliphatic carbocycles. The lowest BCUT2D eigenvalue weighted by Gasteiger charge is -2.28. The summed E-state index contributed by atoms with van der Waals surface area (Å²) < 4.78 is 0. The van der Waals surface area contributed by atoms with Gasteiger partial charge in [0.1, 0.15) is 0 Å². The van der Waals surface area contributed by atoms with E-state index >= 15 is 0 Å². The minimum absolute atomic E-state index is 0.106. The lowest BCUT2D eigenvalue weighted by Crippen LogP contribution is -2.36. The first-order valence-corrected chi connectivity index (χ1v) is 7.33. The van der Waals surface area contributed by atoms with Gasteiger partial charge in [-0.25, -0.2) is 0 Å². The van der Waals surface area contributed by atoms with Gasteiger partial charge in [-0.2, -0.15) is 0 Å². The highest BCUT2D eigenvalue weighted by atomic mass is 16.4. The summed E-state index contributed by atoms with van der Waals surface area (Å²) in [6.45, 7) is 4.12. The molecule has 1 unspecified atom stereocenters. The van der Waals surface area contributed by atoms with Crippen LogP contribution in [0, 0.1) is 5.92 Å². The van der Waals surface area contributed by atoms with Crippen molar-refractivity contribution in [2.75, 3.05) is 26.7 Å². The maximum Gasteiger partial charge on any atom is 0.307 e. The van der Waals surface area contributed by atoms with Gasteiger partial charge in [0, 0.05) is 13.1 Å². The summed E-state index contributed by atoms with van der Waals surface area (Å²) in [5.74, 6) is -0.0584. The standard InChI is InChI=1S/C16H24N2O2/c1-18(11-13-5-4-8-17-10-13)12-15-7-3-2-6-14(15)9-16(19)20/h2-3,6-7,13,17H,4-5,8-12H2,1H3,(H,19,20). The Morgan fingerprint density at radius 1 is 1.40 bits per heavy atom. The van der Waals surface area contributed by atoms with Crippen molar-refractivity contribution in [1.29, 1.82) is 0 Å². The smallest absolute Gasteiger partial charge is 0.307 e. The molecule has 0 spiro atoms. The van der Waals surface area contributed by atoms with Crippen molar-refractivity contribution < 1.29 is 9.90 Å². The van der Waals surface area contributed by atoms with E-state index in [9.17, 15) is 4.79 Å². The van der Waals surface area contributed by atoms with E-state index in [1.54, 1.807) is 0 Å². The van der Waals surface area contributed by atoms with Crippen LogP contribution in [0.15, 0.2) is 24.3 Å². The Morgan fingerprint density at radius 3 is 2.80 bits per heavy atom. The Labute approximate surface area is 120 Å². The Bertz CT molecular complexity index is 442. The number of aliphatic carboxylic acids is 1. The summed E-state index contributed by atoms with van der Waals surface area (Å²) in [7, 11) is 2.12. The fraction of sp³-hybridized carbons (Fsp3) is 0.562. The van der Waals surface area contributed by atoms with Gasteiger partial charge in [-0.05, 0) is 50.0 Å². The zero-order valence-corrected chi connectivity index (χ0v) is 12.1. The number of benzene rings is 1. The quantitative estimate of drug-likeness (QED) is 0.831. The monoisotopic (exact) mass is 276 g/mol. The van der Waals surface area contributed by atoms with Gasteiger partial charge in [0.25, 0.3) is 0 Å². The molecular weight excluding hydrogens is 252 g/mol. The number of nitrogens with zero attached hydrogens (tertiary/aromatic N) is 1. The van der Waals surface area contributed by atoms with Crippen LogP contribution in [-0.2, 0) is 17.8 Å². The number of nitrogens with one attached hydrogen (secondary N) is 1. The van der Waals surface area contributed by atoms with E-state index in [4.69, 9.17) is 5.11 Å². The summed E-state index contributed by atoms with van der Waals surface area (Å²) in [6.07, 6.45) is 2.65. The van der Waals surface area contributed by atoms with Gasteiger partial charge in [0.2, 0.25) is 0 Å². The third kappa shape index (κ3) is 4.62. The van der Waals surface area contributed by atoms with Crippen molar-refractivity contribution >= 4 is 5.97 Å². The van der Waals surface area contributed by atoms with Crippen molar-refractivity contribution in [2.24, 2.45) is 5.92 Å². The van der Waals surface area contributed by atoms with E-state index in [1.165, 1.54) is 12.8 Å². The first-order chi connectivity index (χ1) is 9.65. The molecule has 20 heavy (non-hydrogen) atoms. The Hall–Kier alpha value is -1.39.